The van der Waals surface area contributed by atoms with Gasteiger partial charge in [0.05, 0.1) is 16.9 Å². The molecule has 20 heavy (non-hydrogen) atoms. The Morgan fingerprint density at radius 3 is 2.55 bits per heavy atom. The first kappa shape index (κ1) is 15.8. The van der Waals surface area contributed by atoms with Crippen LogP contribution in [0.25, 0.3) is 0 Å². The highest BCUT2D eigenvalue weighted by Crippen LogP contribution is 2.37. The van der Waals surface area contributed by atoms with E-state index in [1.54, 1.807) is 0 Å². The lowest BCUT2D eigenvalue weighted by molar-refractivity contribution is -0.145. The van der Waals surface area contributed by atoms with Gasteiger partial charge in [-0.3, -0.25) is 4.79 Å². The minimum absolute atomic E-state index is 0.131. The topological polar surface area (TPSA) is 66.5 Å². The molecule has 0 radical (unpaired) electrons. The summed E-state index contributed by atoms with van der Waals surface area (Å²) in [6, 6.07) is -0.131. The highest BCUT2D eigenvalue weighted by Gasteiger charge is 2.48. The molecular weight excluding hydrogens is 276 g/mol. The average Bonchev–Trinajstić information content (AvgIpc) is 2.97. The molecule has 2 heterocycles. The summed E-state index contributed by atoms with van der Waals surface area (Å²) < 4.78 is 23.3. The Balaban J connectivity index is 2.21. The van der Waals surface area contributed by atoms with Crippen LogP contribution in [0.15, 0.2) is 0 Å². The van der Waals surface area contributed by atoms with Crippen LogP contribution in [0.1, 0.15) is 33.6 Å². The van der Waals surface area contributed by atoms with E-state index in [2.05, 4.69) is 19.2 Å². The molecule has 5 nitrogen and oxygen atoms in total. The fraction of sp³-hybridized carbons (Fsp3) is 0.929. The second-order valence-electron chi connectivity index (χ2n) is 6.39. The Kier molecular flexibility index (Phi) is 4.44. The van der Waals surface area contributed by atoms with Gasteiger partial charge in [-0.2, -0.15) is 0 Å². The number of hydrogen-bond acceptors (Lipinski definition) is 4. The van der Waals surface area contributed by atoms with Crippen molar-refractivity contribution in [3.05, 3.63) is 0 Å². The van der Waals surface area contributed by atoms with Gasteiger partial charge >= 0.3 is 0 Å². The number of sulfone groups is 1. The molecule has 2 rings (SSSR count). The van der Waals surface area contributed by atoms with Crippen LogP contribution in [0, 0.1) is 11.3 Å². The van der Waals surface area contributed by atoms with E-state index in [4.69, 9.17) is 0 Å². The van der Waals surface area contributed by atoms with Gasteiger partial charge in [0.25, 0.3) is 0 Å². The quantitative estimate of drug-likeness (QED) is 0.828. The second-order valence-corrected chi connectivity index (χ2v) is 8.61. The summed E-state index contributed by atoms with van der Waals surface area (Å²) in [5, 5.41) is 3.30. The van der Waals surface area contributed by atoms with E-state index in [0.29, 0.717) is 19.5 Å². The van der Waals surface area contributed by atoms with Crippen LogP contribution < -0.4 is 5.32 Å². The zero-order valence-corrected chi connectivity index (χ0v) is 13.5. The molecular formula is C14H26N2O3S. The first-order valence-corrected chi connectivity index (χ1v) is 9.37. The maximum absolute atomic E-state index is 13.0. The molecule has 0 aromatic heterocycles. The summed E-state index contributed by atoms with van der Waals surface area (Å²) in [6.07, 6.45) is 1.43. The Morgan fingerprint density at radius 1 is 1.45 bits per heavy atom. The van der Waals surface area contributed by atoms with Gasteiger partial charge in [-0.25, -0.2) is 8.42 Å². The van der Waals surface area contributed by atoms with Crippen LogP contribution >= 0.6 is 0 Å². The first-order chi connectivity index (χ1) is 9.32. The molecule has 116 valence electrons. The van der Waals surface area contributed by atoms with Crippen LogP contribution in [0.2, 0.25) is 0 Å². The fourth-order valence-electron chi connectivity index (χ4n) is 3.51. The third-order valence-electron chi connectivity index (χ3n) is 4.97. The molecule has 2 fully saturated rings. The molecule has 2 aliphatic rings. The molecule has 0 aliphatic carbocycles. The summed E-state index contributed by atoms with van der Waals surface area (Å²) in [5.41, 5.74) is -0.359. The SMILES string of the molecule is CCN(C(=O)C1(C(C)C)CCNC1)C1CCS(=O)(=O)C1. The number of carbonyl (C=O) groups is 1. The van der Waals surface area contributed by atoms with Gasteiger partial charge in [-0.05, 0) is 32.2 Å². The molecule has 2 saturated heterocycles. The molecule has 1 amide bonds. The first-order valence-electron chi connectivity index (χ1n) is 7.54. The van der Waals surface area contributed by atoms with E-state index in [0.717, 1.165) is 13.0 Å². The number of rotatable bonds is 4. The van der Waals surface area contributed by atoms with Crippen molar-refractivity contribution in [2.45, 2.75) is 39.7 Å². The van der Waals surface area contributed by atoms with Crippen LogP contribution in [-0.2, 0) is 14.6 Å². The van der Waals surface area contributed by atoms with Crippen LogP contribution in [0.3, 0.4) is 0 Å². The number of nitrogens with one attached hydrogen (secondary N) is 1. The van der Waals surface area contributed by atoms with Gasteiger partial charge in [-0.1, -0.05) is 13.8 Å². The molecule has 6 heteroatoms. The second kappa shape index (κ2) is 5.64. The summed E-state index contributed by atoms with van der Waals surface area (Å²) in [7, 11) is -2.96. The Hall–Kier alpha value is -0.620. The number of amides is 1. The molecule has 0 aromatic carbocycles. The highest BCUT2D eigenvalue weighted by molar-refractivity contribution is 7.91. The Morgan fingerprint density at radius 2 is 2.15 bits per heavy atom. The van der Waals surface area contributed by atoms with Crippen LogP contribution in [0.5, 0.6) is 0 Å². The molecule has 1 N–H and O–H groups in total. The van der Waals surface area contributed by atoms with Crippen molar-refractivity contribution in [2.75, 3.05) is 31.1 Å². The van der Waals surface area contributed by atoms with E-state index in [9.17, 15) is 13.2 Å². The van der Waals surface area contributed by atoms with Crippen molar-refractivity contribution in [1.82, 2.24) is 10.2 Å². The van der Waals surface area contributed by atoms with Gasteiger partial charge in [0, 0.05) is 19.1 Å². The smallest absolute Gasteiger partial charge is 0.230 e. The van der Waals surface area contributed by atoms with E-state index in [1.807, 2.05) is 11.8 Å². The van der Waals surface area contributed by atoms with Gasteiger partial charge in [0.15, 0.2) is 9.84 Å². The van der Waals surface area contributed by atoms with Crippen molar-refractivity contribution in [3.63, 3.8) is 0 Å². The maximum Gasteiger partial charge on any atom is 0.230 e. The van der Waals surface area contributed by atoms with E-state index in [-0.39, 0.29) is 34.8 Å². The molecule has 0 aromatic rings. The predicted molar refractivity (Wildman–Crippen MR) is 79.2 cm³/mol. The molecule has 0 bridgehead atoms. The minimum Gasteiger partial charge on any atom is -0.338 e. The molecule has 0 spiro atoms. The van der Waals surface area contributed by atoms with Crippen molar-refractivity contribution in [1.29, 1.82) is 0 Å². The van der Waals surface area contributed by atoms with Gasteiger partial charge in [-0.15, -0.1) is 0 Å². The monoisotopic (exact) mass is 302 g/mol. The zero-order valence-electron chi connectivity index (χ0n) is 12.7. The van der Waals surface area contributed by atoms with E-state index in [1.165, 1.54) is 0 Å². The normalized spacial score (nSPS) is 32.7. The van der Waals surface area contributed by atoms with Crippen molar-refractivity contribution >= 4 is 15.7 Å². The number of nitrogens with zero attached hydrogens (tertiary/aromatic N) is 1. The molecule has 2 unspecified atom stereocenters. The van der Waals surface area contributed by atoms with Crippen LogP contribution in [0.4, 0.5) is 0 Å². The highest BCUT2D eigenvalue weighted by atomic mass is 32.2. The third-order valence-corrected chi connectivity index (χ3v) is 6.72. The zero-order chi connectivity index (χ0) is 15.0. The van der Waals surface area contributed by atoms with Crippen molar-refractivity contribution < 1.29 is 13.2 Å². The lowest BCUT2D eigenvalue weighted by atomic mass is 9.75. The molecule has 2 atom stereocenters. The van der Waals surface area contributed by atoms with E-state index < -0.39 is 9.84 Å². The summed E-state index contributed by atoms with van der Waals surface area (Å²) in [4.78, 5) is 14.8. The number of hydrogen-bond donors (Lipinski definition) is 1. The summed E-state index contributed by atoms with van der Waals surface area (Å²) in [5.74, 6) is 0.752. The lowest BCUT2D eigenvalue weighted by Crippen LogP contribution is -2.52. The van der Waals surface area contributed by atoms with E-state index >= 15 is 0 Å². The van der Waals surface area contributed by atoms with Gasteiger partial charge in [0.2, 0.25) is 5.91 Å². The third kappa shape index (κ3) is 2.72. The molecule has 2 aliphatic heterocycles. The molecule has 0 saturated carbocycles. The Labute approximate surface area is 122 Å². The summed E-state index contributed by atoms with van der Waals surface area (Å²) >= 11 is 0. The lowest BCUT2D eigenvalue weighted by Gasteiger charge is -2.38. The standard InChI is InChI=1S/C14H26N2O3S/c1-4-16(12-5-8-20(18,19)9-12)13(17)14(11(2)3)6-7-15-10-14/h11-12,15H,4-10H2,1-3H3. The largest absolute Gasteiger partial charge is 0.338 e. The van der Waals surface area contributed by atoms with Crippen LogP contribution in [-0.4, -0.2) is 56.4 Å². The number of carbonyl (C=O) groups excluding carboxylic acids is 1. The Bertz CT molecular complexity index is 467. The maximum atomic E-state index is 13.0. The summed E-state index contributed by atoms with van der Waals surface area (Å²) in [6.45, 7) is 8.28. The minimum atomic E-state index is -2.96. The van der Waals surface area contributed by atoms with Crippen molar-refractivity contribution in [3.8, 4) is 0 Å². The van der Waals surface area contributed by atoms with Gasteiger partial charge < -0.3 is 10.2 Å². The fourth-order valence-corrected chi connectivity index (χ4v) is 5.24. The average molecular weight is 302 g/mol. The predicted octanol–water partition coefficient (Wildman–Crippen LogP) is 0.658. The van der Waals surface area contributed by atoms with Crippen molar-refractivity contribution in [2.24, 2.45) is 11.3 Å². The van der Waals surface area contributed by atoms with Gasteiger partial charge in [0.1, 0.15) is 0 Å².